The highest BCUT2D eigenvalue weighted by Crippen LogP contribution is 2.28. The summed E-state index contributed by atoms with van der Waals surface area (Å²) in [5, 5.41) is 0. The first kappa shape index (κ1) is 15.3. The van der Waals surface area contributed by atoms with Crippen molar-refractivity contribution in [2.45, 2.75) is 4.90 Å². The Morgan fingerprint density at radius 1 is 0.913 bits per heavy atom. The van der Waals surface area contributed by atoms with Gasteiger partial charge in [-0.1, -0.05) is 42.5 Å². The van der Waals surface area contributed by atoms with Crippen LogP contribution in [-0.2, 0) is 0 Å². The van der Waals surface area contributed by atoms with Crippen molar-refractivity contribution in [1.82, 2.24) is 0 Å². The molecule has 2 aromatic carbocycles. The molecule has 0 atom stereocenters. The number of hydrogen-bond donors (Lipinski definition) is 0. The lowest BCUT2D eigenvalue weighted by Gasteiger charge is -2.08. The highest BCUT2D eigenvalue weighted by atomic mass is 32.2. The van der Waals surface area contributed by atoms with Crippen LogP contribution in [0.2, 0.25) is 0 Å². The Bertz CT molecular complexity index is 881. The molecule has 23 heavy (non-hydrogen) atoms. The topological polar surface area (TPSA) is 47.3 Å². The first-order valence-corrected chi connectivity index (χ1v) is 8.28. The second kappa shape index (κ2) is 6.67. The molecule has 0 bridgehead atoms. The van der Waals surface area contributed by atoms with Gasteiger partial charge in [-0.3, -0.25) is 4.79 Å². The lowest BCUT2D eigenvalue weighted by Crippen LogP contribution is -2.06. The fraction of sp³-hybridized carbons (Fsp3) is 0.0526. The van der Waals surface area contributed by atoms with Crippen molar-refractivity contribution in [2.75, 3.05) is 6.26 Å². The van der Waals surface area contributed by atoms with Gasteiger partial charge in [0.1, 0.15) is 0 Å². The molecule has 3 rings (SSSR count). The summed E-state index contributed by atoms with van der Waals surface area (Å²) in [4.78, 5) is 24.6. The van der Waals surface area contributed by atoms with Crippen molar-refractivity contribution < 1.29 is 9.21 Å². The van der Waals surface area contributed by atoms with E-state index < -0.39 is 5.63 Å². The molecule has 0 aliphatic heterocycles. The SMILES string of the molecule is CSc1ccc(-c2cc(-c3ccccc3)c(=O)oc2C=O)cc1. The predicted molar refractivity (Wildman–Crippen MR) is 93.0 cm³/mol. The zero-order chi connectivity index (χ0) is 16.2. The molecular formula is C19H14O3S. The summed E-state index contributed by atoms with van der Waals surface area (Å²) in [5.41, 5.74) is 2.15. The van der Waals surface area contributed by atoms with E-state index in [-0.39, 0.29) is 5.76 Å². The number of benzene rings is 2. The van der Waals surface area contributed by atoms with Crippen LogP contribution >= 0.6 is 11.8 Å². The van der Waals surface area contributed by atoms with Crippen LogP contribution < -0.4 is 5.63 Å². The van der Waals surface area contributed by atoms with Crippen molar-refractivity contribution in [3.63, 3.8) is 0 Å². The van der Waals surface area contributed by atoms with Crippen LogP contribution in [0.3, 0.4) is 0 Å². The minimum atomic E-state index is -0.511. The van der Waals surface area contributed by atoms with Crippen LogP contribution in [-0.4, -0.2) is 12.5 Å². The van der Waals surface area contributed by atoms with Gasteiger partial charge in [0.2, 0.25) is 0 Å². The molecule has 0 aliphatic carbocycles. The molecule has 3 aromatic rings. The molecule has 0 amide bonds. The van der Waals surface area contributed by atoms with Gasteiger partial charge in [0.25, 0.3) is 0 Å². The lowest BCUT2D eigenvalue weighted by molar-refractivity contribution is 0.109. The lowest BCUT2D eigenvalue weighted by atomic mass is 10.0. The molecule has 4 heteroatoms. The number of carbonyl (C=O) groups excluding carboxylic acids is 1. The minimum absolute atomic E-state index is 0.0478. The van der Waals surface area contributed by atoms with Crippen LogP contribution in [0.4, 0.5) is 0 Å². The van der Waals surface area contributed by atoms with E-state index in [0.29, 0.717) is 17.4 Å². The van der Waals surface area contributed by atoms with Gasteiger partial charge >= 0.3 is 5.63 Å². The van der Waals surface area contributed by atoms with Crippen LogP contribution in [0.5, 0.6) is 0 Å². The van der Waals surface area contributed by atoms with Crippen LogP contribution in [0.15, 0.2) is 74.8 Å². The second-order valence-electron chi connectivity index (χ2n) is 4.94. The van der Waals surface area contributed by atoms with Crippen LogP contribution in [0.1, 0.15) is 10.6 Å². The average molecular weight is 322 g/mol. The van der Waals surface area contributed by atoms with Crippen molar-refractivity contribution >= 4 is 18.0 Å². The molecule has 0 aliphatic rings. The van der Waals surface area contributed by atoms with Gasteiger partial charge < -0.3 is 4.42 Å². The number of hydrogen-bond acceptors (Lipinski definition) is 4. The van der Waals surface area contributed by atoms with Crippen molar-refractivity contribution in [2.24, 2.45) is 0 Å². The molecular weight excluding hydrogens is 308 g/mol. The zero-order valence-corrected chi connectivity index (χ0v) is 13.3. The smallest absolute Gasteiger partial charge is 0.344 e. The molecule has 1 heterocycles. The summed E-state index contributed by atoms with van der Waals surface area (Å²) in [6, 6.07) is 18.8. The van der Waals surface area contributed by atoms with E-state index >= 15 is 0 Å². The monoisotopic (exact) mass is 322 g/mol. The standard InChI is InChI=1S/C19H14O3S/c1-23-15-9-7-14(8-10-15)16-11-17(13-5-3-2-4-6-13)19(21)22-18(16)12-20/h2-12H,1H3. The highest BCUT2D eigenvalue weighted by molar-refractivity contribution is 7.98. The van der Waals surface area contributed by atoms with Gasteiger partial charge in [-0.15, -0.1) is 11.8 Å². The Balaban J connectivity index is 2.18. The number of carbonyl (C=O) groups is 1. The van der Waals surface area contributed by atoms with E-state index in [9.17, 15) is 9.59 Å². The highest BCUT2D eigenvalue weighted by Gasteiger charge is 2.13. The zero-order valence-electron chi connectivity index (χ0n) is 12.5. The first-order chi connectivity index (χ1) is 11.2. The molecule has 0 N–H and O–H groups in total. The summed E-state index contributed by atoms with van der Waals surface area (Å²) < 4.78 is 5.23. The molecule has 0 fully saturated rings. The van der Waals surface area contributed by atoms with Crippen LogP contribution in [0, 0.1) is 0 Å². The molecule has 0 radical (unpaired) electrons. The quantitative estimate of drug-likeness (QED) is 0.524. The first-order valence-electron chi connectivity index (χ1n) is 7.06. The Hall–Kier alpha value is -2.59. The summed E-state index contributed by atoms with van der Waals surface area (Å²) >= 11 is 1.64. The van der Waals surface area contributed by atoms with Crippen molar-refractivity contribution in [1.29, 1.82) is 0 Å². The average Bonchev–Trinajstić information content (AvgIpc) is 2.62. The largest absolute Gasteiger partial charge is 0.419 e. The Morgan fingerprint density at radius 2 is 1.57 bits per heavy atom. The van der Waals surface area contributed by atoms with Gasteiger partial charge in [0.15, 0.2) is 12.0 Å². The fourth-order valence-corrected chi connectivity index (χ4v) is 2.80. The molecule has 0 spiro atoms. The second-order valence-corrected chi connectivity index (χ2v) is 5.82. The van der Waals surface area contributed by atoms with E-state index in [2.05, 4.69) is 0 Å². The third-order valence-electron chi connectivity index (χ3n) is 3.57. The molecule has 0 saturated heterocycles. The minimum Gasteiger partial charge on any atom is -0.419 e. The Kier molecular flexibility index (Phi) is 4.44. The third-order valence-corrected chi connectivity index (χ3v) is 4.31. The Labute approximate surface area is 138 Å². The summed E-state index contributed by atoms with van der Waals surface area (Å²) in [6.07, 6.45) is 2.58. The fourth-order valence-electron chi connectivity index (χ4n) is 2.39. The number of rotatable bonds is 4. The van der Waals surface area contributed by atoms with Gasteiger partial charge in [-0.05, 0) is 35.6 Å². The van der Waals surface area contributed by atoms with E-state index in [1.807, 2.05) is 60.9 Å². The summed E-state index contributed by atoms with van der Waals surface area (Å²) in [6.45, 7) is 0. The molecule has 3 nitrogen and oxygen atoms in total. The van der Waals surface area contributed by atoms with E-state index in [0.717, 1.165) is 16.0 Å². The molecule has 0 saturated carbocycles. The number of aldehydes is 1. The number of thioether (sulfide) groups is 1. The summed E-state index contributed by atoms with van der Waals surface area (Å²) in [7, 11) is 0. The van der Waals surface area contributed by atoms with E-state index in [4.69, 9.17) is 4.42 Å². The predicted octanol–water partition coefficient (Wildman–Crippen LogP) is 4.51. The van der Waals surface area contributed by atoms with Gasteiger partial charge in [-0.2, -0.15) is 0 Å². The van der Waals surface area contributed by atoms with Crippen molar-refractivity contribution in [3.8, 4) is 22.3 Å². The van der Waals surface area contributed by atoms with Gasteiger partial charge in [0, 0.05) is 10.5 Å². The van der Waals surface area contributed by atoms with Crippen molar-refractivity contribution in [3.05, 3.63) is 76.8 Å². The van der Waals surface area contributed by atoms with Gasteiger partial charge in [-0.25, -0.2) is 4.79 Å². The summed E-state index contributed by atoms with van der Waals surface area (Å²) in [5.74, 6) is 0.0478. The molecule has 114 valence electrons. The maximum Gasteiger partial charge on any atom is 0.344 e. The van der Waals surface area contributed by atoms with E-state index in [1.165, 1.54) is 0 Å². The maximum absolute atomic E-state index is 12.2. The Morgan fingerprint density at radius 3 is 2.17 bits per heavy atom. The van der Waals surface area contributed by atoms with Gasteiger partial charge in [0.05, 0.1) is 5.56 Å². The van der Waals surface area contributed by atoms with Crippen LogP contribution in [0.25, 0.3) is 22.3 Å². The maximum atomic E-state index is 12.2. The third kappa shape index (κ3) is 3.12. The molecule has 0 unspecified atom stereocenters. The molecule has 1 aromatic heterocycles. The normalized spacial score (nSPS) is 10.5. The van der Waals surface area contributed by atoms with E-state index in [1.54, 1.807) is 17.8 Å².